The van der Waals surface area contributed by atoms with Crippen molar-refractivity contribution in [3.63, 3.8) is 0 Å². The first-order valence-corrected chi connectivity index (χ1v) is 11.2. The Labute approximate surface area is 174 Å². The van der Waals surface area contributed by atoms with E-state index >= 15 is 0 Å². The Morgan fingerprint density at radius 2 is 1.18 bits per heavy atom. The second-order valence-corrected chi connectivity index (χ2v) is 7.39. The van der Waals surface area contributed by atoms with Crippen molar-refractivity contribution < 1.29 is 4.74 Å². The lowest BCUT2D eigenvalue weighted by molar-refractivity contribution is 0.471. The molecule has 0 aliphatic rings. The van der Waals surface area contributed by atoms with Crippen molar-refractivity contribution >= 4 is 67.8 Å². The van der Waals surface area contributed by atoms with Crippen LogP contribution in [0.1, 0.15) is 11.1 Å². The molecule has 0 radical (unpaired) electrons. The van der Waals surface area contributed by atoms with E-state index in [1.165, 1.54) is 11.1 Å². The first-order valence-electron chi connectivity index (χ1n) is 6.93. The maximum Gasteiger partial charge on any atom is 0.130 e. The average molecular weight is 632 g/mol. The van der Waals surface area contributed by atoms with E-state index in [0.29, 0.717) is 0 Å². The van der Waals surface area contributed by atoms with Crippen LogP contribution < -0.4 is 4.74 Å². The van der Waals surface area contributed by atoms with Crippen LogP contribution in [-0.4, -0.2) is 8.86 Å². The highest BCUT2D eigenvalue weighted by Gasteiger charge is 2.07. The summed E-state index contributed by atoms with van der Waals surface area (Å²) in [5.41, 5.74) is 2.56. The second-order valence-electron chi connectivity index (χ2n) is 4.35. The van der Waals surface area contributed by atoms with Gasteiger partial charge in [0.1, 0.15) is 11.5 Å². The Balaban J connectivity index is 0.000000745. The van der Waals surface area contributed by atoms with Gasteiger partial charge in [-0.2, -0.15) is 0 Å². The van der Waals surface area contributed by atoms with Crippen molar-refractivity contribution in [3.8, 4) is 11.5 Å². The number of aryl methyl sites for hydroxylation is 2. The van der Waals surface area contributed by atoms with Gasteiger partial charge >= 0.3 is 0 Å². The normalized spacial score (nSPS) is 9.59. The summed E-state index contributed by atoms with van der Waals surface area (Å²) in [6, 6.07) is 16.6. The summed E-state index contributed by atoms with van der Waals surface area (Å²) in [6.07, 6.45) is 2.09. The van der Waals surface area contributed by atoms with Gasteiger partial charge in [0.25, 0.3) is 0 Å². The number of hydrogen-bond acceptors (Lipinski definition) is 1. The number of ether oxygens (including phenoxy) is 1. The lowest BCUT2D eigenvalue weighted by atomic mass is 10.1. The molecule has 0 unspecified atom stereocenters. The van der Waals surface area contributed by atoms with Gasteiger partial charge in [0.05, 0.1) is 0 Å². The Kier molecular flexibility index (Phi) is 11.6. The Morgan fingerprint density at radius 1 is 0.818 bits per heavy atom. The van der Waals surface area contributed by atoms with E-state index in [-0.39, 0.29) is 0 Å². The summed E-state index contributed by atoms with van der Waals surface area (Å²) < 4.78 is 10.1. The topological polar surface area (TPSA) is 9.23 Å². The zero-order valence-corrected chi connectivity index (χ0v) is 18.7. The molecule has 4 heteroatoms. The van der Waals surface area contributed by atoms with E-state index < -0.39 is 0 Å². The third-order valence-corrected chi connectivity index (χ3v) is 3.97. The quantitative estimate of drug-likeness (QED) is 0.247. The van der Waals surface area contributed by atoms with Gasteiger partial charge in [-0.15, -0.1) is 0 Å². The van der Waals surface area contributed by atoms with Gasteiger partial charge in [-0.1, -0.05) is 111 Å². The molecule has 2 aromatic rings. The highest BCUT2D eigenvalue weighted by molar-refractivity contribution is 14.1. The van der Waals surface area contributed by atoms with Crippen molar-refractivity contribution in [2.24, 2.45) is 0 Å². The van der Waals surface area contributed by atoms with Crippen LogP contribution in [0.2, 0.25) is 0 Å². The molecule has 0 heterocycles. The standard InChI is InChI=1S/C16H16I2O.C2H3I/c17-11-9-13-5-1-3-7-15(13)19-16-8-4-2-6-14(16)10-12-18;1-2-3/h1-8H,9-12H2;2H,1H2. The third-order valence-electron chi connectivity index (χ3n) is 2.89. The van der Waals surface area contributed by atoms with Crippen LogP contribution in [0.4, 0.5) is 0 Å². The van der Waals surface area contributed by atoms with E-state index in [1.807, 2.05) is 12.1 Å². The van der Waals surface area contributed by atoms with E-state index in [4.69, 9.17) is 4.74 Å². The van der Waals surface area contributed by atoms with Crippen molar-refractivity contribution in [1.29, 1.82) is 0 Å². The molecule has 0 N–H and O–H groups in total. The van der Waals surface area contributed by atoms with E-state index in [1.54, 1.807) is 4.08 Å². The summed E-state index contributed by atoms with van der Waals surface area (Å²) in [7, 11) is 0. The molecule has 0 fully saturated rings. The molecule has 22 heavy (non-hydrogen) atoms. The molecule has 0 atom stereocenters. The van der Waals surface area contributed by atoms with Crippen molar-refractivity contribution in [2.45, 2.75) is 12.8 Å². The maximum absolute atomic E-state index is 6.14. The molecule has 0 aliphatic carbocycles. The van der Waals surface area contributed by atoms with E-state index in [9.17, 15) is 0 Å². The van der Waals surface area contributed by atoms with Crippen LogP contribution in [0.15, 0.2) is 59.2 Å². The van der Waals surface area contributed by atoms with Crippen LogP contribution in [0.3, 0.4) is 0 Å². The molecule has 0 aromatic heterocycles. The number of hydrogen-bond donors (Lipinski definition) is 0. The summed E-state index contributed by atoms with van der Waals surface area (Å²) in [5.74, 6) is 1.97. The van der Waals surface area contributed by atoms with Gasteiger partial charge in [0, 0.05) is 8.86 Å². The highest BCUT2D eigenvalue weighted by Crippen LogP contribution is 2.29. The predicted molar refractivity (Wildman–Crippen MR) is 122 cm³/mol. The zero-order valence-electron chi connectivity index (χ0n) is 12.3. The molecule has 0 aliphatic heterocycles. The predicted octanol–water partition coefficient (Wildman–Crippen LogP) is 7.00. The van der Waals surface area contributed by atoms with Crippen LogP contribution in [0.5, 0.6) is 11.5 Å². The largest absolute Gasteiger partial charge is 0.457 e. The second kappa shape index (κ2) is 12.6. The smallest absolute Gasteiger partial charge is 0.130 e. The molecule has 118 valence electrons. The minimum atomic E-state index is 0.986. The molecule has 0 amide bonds. The molecular weight excluding hydrogens is 613 g/mol. The first kappa shape index (κ1) is 20.2. The molecule has 0 saturated carbocycles. The van der Waals surface area contributed by atoms with Gasteiger partial charge in [0.2, 0.25) is 0 Å². The fraction of sp³-hybridized carbons (Fsp3) is 0.222. The number of benzene rings is 2. The minimum absolute atomic E-state index is 0.986. The van der Waals surface area contributed by atoms with Crippen LogP contribution in [0, 0.1) is 0 Å². The zero-order chi connectivity index (χ0) is 16.2. The first-order chi connectivity index (χ1) is 10.8. The van der Waals surface area contributed by atoms with E-state index in [2.05, 4.69) is 111 Å². The highest BCUT2D eigenvalue weighted by atomic mass is 127. The number of rotatable bonds is 6. The fourth-order valence-electron chi connectivity index (χ4n) is 1.94. The molecular formula is C18H19I3O. The number of alkyl halides is 2. The van der Waals surface area contributed by atoms with Gasteiger partial charge in [0.15, 0.2) is 0 Å². The average Bonchev–Trinajstić information content (AvgIpc) is 2.52. The maximum atomic E-state index is 6.14. The monoisotopic (exact) mass is 632 g/mol. The van der Waals surface area contributed by atoms with Gasteiger partial charge < -0.3 is 4.74 Å². The molecule has 0 bridgehead atoms. The van der Waals surface area contributed by atoms with Crippen LogP contribution in [-0.2, 0) is 12.8 Å². The fourth-order valence-corrected chi connectivity index (χ4v) is 3.10. The molecule has 0 spiro atoms. The summed E-state index contributed by atoms with van der Waals surface area (Å²) >= 11 is 6.86. The SMILES string of the molecule is C=CI.ICCc1ccccc1Oc1ccccc1CCI. The van der Waals surface area contributed by atoms with Crippen LogP contribution >= 0.6 is 67.8 Å². The van der Waals surface area contributed by atoms with Gasteiger partial charge in [-0.25, -0.2) is 0 Å². The molecule has 2 rings (SSSR count). The molecule has 1 nitrogen and oxygen atoms in total. The lowest BCUT2D eigenvalue weighted by Gasteiger charge is -2.13. The third kappa shape index (κ3) is 7.16. The number of halogens is 3. The minimum Gasteiger partial charge on any atom is -0.457 e. The Morgan fingerprint density at radius 3 is 1.55 bits per heavy atom. The number of para-hydroxylation sites is 2. The van der Waals surface area contributed by atoms with Crippen molar-refractivity contribution in [3.05, 3.63) is 70.3 Å². The summed E-state index contributed by atoms with van der Waals surface area (Å²) in [4.78, 5) is 0. The van der Waals surface area contributed by atoms with E-state index in [0.717, 1.165) is 33.2 Å². The molecule has 0 saturated heterocycles. The van der Waals surface area contributed by atoms with Crippen molar-refractivity contribution in [2.75, 3.05) is 8.86 Å². The summed E-state index contributed by atoms with van der Waals surface area (Å²) in [5, 5.41) is 0. The Bertz CT molecular complexity index is 522. The van der Waals surface area contributed by atoms with Gasteiger partial charge in [-0.05, 0) is 40.2 Å². The Hall–Kier alpha value is 0.170. The lowest BCUT2D eigenvalue weighted by Crippen LogP contribution is -1.96. The summed E-state index contributed by atoms with van der Waals surface area (Å²) in [6.45, 7) is 3.35. The molecule has 2 aromatic carbocycles. The van der Waals surface area contributed by atoms with Crippen LogP contribution in [0.25, 0.3) is 0 Å². The van der Waals surface area contributed by atoms with Crippen molar-refractivity contribution in [1.82, 2.24) is 0 Å². The van der Waals surface area contributed by atoms with Gasteiger partial charge in [-0.3, -0.25) is 0 Å².